The summed E-state index contributed by atoms with van der Waals surface area (Å²) in [6, 6.07) is 0. The fraction of sp³-hybridized carbons (Fsp3) is 0.118. The molecule has 0 amide bonds. The average Bonchev–Trinajstić information content (AvgIpc) is 2.49. The predicted octanol–water partition coefficient (Wildman–Crippen LogP) is 4.16. The van der Waals surface area contributed by atoms with Crippen molar-refractivity contribution in [1.29, 1.82) is 0 Å². The Balaban J connectivity index is 3.18. The van der Waals surface area contributed by atoms with Gasteiger partial charge in [-0.1, -0.05) is 61.8 Å². The largest absolute Gasteiger partial charge is 0.217 e. The monoisotopic (exact) mass is 265 g/mol. The standard InChI is InChI=1S/C17H19N3/c1-5-9-11-14(7-3)16-18-13-19-17(20-16)15(8-4)12-10-6-2/h5-13H,1-2H2,3-4H3/b11-9-,12-10-,14-7+,15-8+. The van der Waals surface area contributed by atoms with E-state index in [1.807, 2.05) is 50.3 Å². The van der Waals surface area contributed by atoms with Crippen molar-refractivity contribution in [2.24, 2.45) is 0 Å². The molecule has 1 aromatic heterocycles. The Morgan fingerprint density at radius 3 is 1.70 bits per heavy atom. The van der Waals surface area contributed by atoms with Crippen molar-refractivity contribution >= 4 is 11.1 Å². The lowest BCUT2D eigenvalue weighted by molar-refractivity contribution is 0.993. The molecule has 102 valence electrons. The lowest BCUT2D eigenvalue weighted by Gasteiger charge is -2.04. The van der Waals surface area contributed by atoms with Crippen molar-refractivity contribution in [3.05, 3.63) is 79.7 Å². The molecule has 1 heterocycles. The molecule has 1 rings (SSSR count). The van der Waals surface area contributed by atoms with Crippen LogP contribution in [-0.2, 0) is 0 Å². The number of nitrogens with zero attached hydrogens (tertiary/aromatic N) is 3. The second-order valence-corrected chi connectivity index (χ2v) is 3.81. The van der Waals surface area contributed by atoms with Gasteiger partial charge in [0.1, 0.15) is 6.33 Å². The smallest absolute Gasteiger partial charge is 0.163 e. The second-order valence-electron chi connectivity index (χ2n) is 3.81. The van der Waals surface area contributed by atoms with Gasteiger partial charge in [0.25, 0.3) is 0 Å². The molecule has 0 aliphatic heterocycles. The van der Waals surface area contributed by atoms with Gasteiger partial charge in [-0.05, 0) is 13.8 Å². The Labute approximate surface area is 120 Å². The van der Waals surface area contributed by atoms with Crippen molar-refractivity contribution < 1.29 is 0 Å². The first-order valence-electron chi connectivity index (χ1n) is 6.37. The highest BCUT2D eigenvalue weighted by Crippen LogP contribution is 2.15. The first kappa shape index (κ1) is 15.5. The van der Waals surface area contributed by atoms with Crippen LogP contribution in [0.2, 0.25) is 0 Å². The van der Waals surface area contributed by atoms with Crippen LogP contribution in [0, 0.1) is 0 Å². The summed E-state index contributed by atoms with van der Waals surface area (Å²) >= 11 is 0. The normalized spacial score (nSPS) is 13.1. The minimum absolute atomic E-state index is 0.641. The average molecular weight is 265 g/mol. The van der Waals surface area contributed by atoms with Crippen molar-refractivity contribution in [1.82, 2.24) is 15.0 Å². The minimum atomic E-state index is 0.641. The van der Waals surface area contributed by atoms with Crippen LogP contribution in [-0.4, -0.2) is 15.0 Å². The minimum Gasteiger partial charge on any atom is -0.217 e. The molecular weight excluding hydrogens is 246 g/mol. The fourth-order valence-electron chi connectivity index (χ4n) is 1.52. The molecule has 0 bridgehead atoms. The lowest BCUT2D eigenvalue weighted by atomic mass is 10.2. The van der Waals surface area contributed by atoms with Gasteiger partial charge < -0.3 is 0 Å². The van der Waals surface area contributed by atoms with Gasteiger partial charge in [0.05, 0.1) is 0 Å². The summed E-state index contributed by atoms with van der Waals surface area (Å²) in [6.45, 7) is 11.2. The summed E-state index contributed by atoms with van der Waals surface area (Å²) in [6.07, 6.45) is 16.4. The number of hydrogen-bond acceptors (Lipinski definition) is 3. The van der Waals surface area contributed by atoms with Gasteiger partial charge in [0.2, 0.25) is 0 Å². The van der Waals surface area contributed by atoms with Gasteiger partial charge in [-0.25, -0.2) is 15.0 Å². The number of hydrogen-bond donors (Lipinski definition) is 0. The third kappa shape index (κ3) is 4.28. The van der Waals surface area contributed by atoms with Gasteiger partial charge in [-0.3, -0.25) is 0 Å². The molecule has 0 N–H and O–H groups in total. The number of rotatable bonds is 6. The Morgan fingerprint density at radius 2 is 1.35 bits per heavy atom. The van der Waals surface area contributed by atoms with Gasteiger partial charge in [-0.15, -0.1) is 0 Å². The highest BCUT2D eigenvalue weighted by atomic mass is 15.0. The summed E-state index contributed by atoms with van der Waals surface area (Å²) in [5, 5.41) is 0. The zero-order valence-corrected chi connectivity index (χ0v) is 12.0. The molecule has 3 nitrogen and oxygen atoms in total. The molecule has 0 unspecified atom stereocenters. The quantitative estimate of drug-likeness (QED) is 0.725. The van der Waals surface area contributed by atoms with E-state index < -0.39 is 0 Å². The first-order valence-corrected chi connectivity index (χ1v) is 6.37. The molecule has 0 saturated heterocycles. The van der Waals surface area contributed by atoms with Crippen LogP contribution in [0.1, 0.15) is 25.5 Å². The molecule has 1 aromatic rings. The maximum absolute atomic E-state index is 4.49. The number of allylic oxidation sites excluding steroid dienone is 10. The third-order valence-corrected chi connectivity index (χ3v) is 2.53. The van der Waals surface area contributed by atoms with Gasteiger partial charge >= 0.3 is 0 Å². The van der Waals surface area contributed by atoms with Crippen LogP contribution < -0.4 is 0 Å². The van der Waals surface area contributed by atoms with E-state index in [0.29, 0.717) is 11.6 Å². The van der Waals surface area contributed by atoms with E-state index in [-0.39, 0.29) is 0 Å². The Bertz CT molecular complexity index is 541. The van der Waals surface area contributed by atoms with E-state index in [4.69, 9.17) is 0 Å². The maximum atomic E-state index is 4.49. The molecule has 0 aliphatic carbocycles. The molecule has 0 spiro atoms. The zero-order chi connectivity index (χ0) is 14.8. The Morgan fingerprint density at radius 1 is 0.900 bits per heavy atom. The van der Waals surface area contributed by atoms with Crippen molar-refractivity contribution in [2.45, 2.75) is 13.8 Å². The lowest BCUT2D eigenvalue weighted by Crippen LogP contribution is -2.00. The summed E-state index contributed by atoms with van der Waals surface area (Å²) in [7, 11) is 0. The first-order chi connectivity index (χ1) is 9.76. The summed E-state index contributed by atoms with van der Waals surface area (Å²) in [5.74, 6) is 1.28. The van der Waals surface area contributed by atoms with E-state index in [0.717, 1.165) is 11.1 Å². The molecule has 0 aromatic carbocycles. The highest BCUT2D eigenvalue weighted by Gasteiger charge is 2.05. The molecule has 0 radical (unpaired) electrons. The third-order valence-electron chi connectivity index (χ3n) is 2.53. The van der Waals surface area contributed by atoms with Crippen LogP contribution in [0.5, 0.6) is 0 Å². The van der Waals surface area contributed by atoms with Crippen LogP contribution in [0.3, 0.4) is 0 Å². The van der Waals surface area contributed by atoms with Crippen molar-refractivity contribution in [3.8, 4) is 0 Å². The van der Waals surface area contributed by atoms with E-state index in [2.05, 4.69) is 28.1 Å². The van der Waals surface area contributed by atoms with Crippen molar-refractivity contribution in [2.75, 3.05) is 0 Å². The summed E-state index contributed by atoms with van der Waals surface area (Å²) in [4.78, 5) is 12.9. The number of aromatic nitrogens is 3. The highest BCUT2D eigenvalue weighted by molar-refractivity contribution is 5.73. The van der Waals surface area contributed by atoms with Crippen molar-refractivity contribution in [3.63, 3.8) is 0 Å². The molecule has 3 heteroatoms. The topological polar surface area (TPSA) is 38.7 Å². The molecule has 0 aliphatic rings. The summed E-state index contributed by atoms with van der Waals surface area (Å²) in [5.41, 5.74) is 1.86. The van der Waals surface area contributed by atoms with Crippen LogP contribution in [0.25, 0.3) is 11.1 Å². The van der Waals surface area contributed by atoms with Gasteiger partial charge in [-0.2, -0.15) is 0 Å². The van der Waals surface area contributed by atoms with E-state index in [1.165, 1.54) is 6.33 Å². The molecule has 0 saturated carbocycles. The van der Waals surface area contributed by atoms with Crippen LogP contribution in [0.15, 0.2) is 68.1 Å². The van der Waals surface area contributed by atoms with E-state index in [1.54, 1.807) is 12.2 Å². The van der Waals surface area contributed by atoms with E-state index in [9.17, 15) is 0 Å². The second kappa shape index (κ2) is 8.53. The van der Waals surface area contributed by atoms with Crippen LogP contribution in [0.4, 0.5) is 0 Å². The van der Waals surface area contributed by atoms with Gasteiger partial charge in [0.15, 0.2) is 11.6 Å². The fourth-order valence-corrected chi connectivity index (χ4v) is 1.52. The molecule has 0 fully saturated rings. The maximum Gasteiger partial charge on any atom is 0.163 e. The van der Waals surface area contributed by atoms with Gasteiger partial charge in [0, 0.05) is 11.1 Å². The molecule has 20 heavy (non-hydrogen) atoms. The Kier molecular flexibility index (Phi) is 6.62. The van der Waals surface area contributed by atoms with Crippen LogP contribution >= 0.6 is 0 Å². The molecule has 0 atom stereocenters. The molecular formula is C17H19N3. The Hall–Kier alpha value is -2.55. The zero-order valence-electron chi connectivity index (χ0n) is 12.0. The predicted molar refractivity (Wildman–Crippen MR) is 85.8 cm³/mol. The SMILES string of the molecule is C=C/C=C\C(=C/C)c1ncnc(C(/C=C\C=C)=C/C)n1. The van der Waals surface area contributed by atoms with E-state index >= 15 is 0 Å². The summed E-state index contributed by atoms with van der Waals surface area (Å²) < 4.78 is 0.